The van der Waals surface area contributed by atoms with Crippen LogP contribution in [0.15, 0.2) is 65.6 Å². The summed E-state index contributed by atoms with van der Waals surface area (Å²) in [4.78, 5) is 11.2. The van der Waals surface area contributed by atoms with Gasteiger partial charge < -0.3 is 33.3 Å². The van der Waals surface area contributed by atoms with Crippen molar-refractivity contribution in [3.63, 3.8) is 0 Å². The van der Waals surface area contributed by atoms with Crippen molar-refractivity contribution in [3.05, 3.63) is 77.4 Å². The third-order valence-corrected chi connectivity index (χ3v) is 8.26. The minimum Gasteiger partial charge on any atom is -0.550 e. The van der Waals surface area contributed by atoms with Gasteiger partial charge in [-0.2, -0.15) is 8.42 Å². The lowest BCUT2D eigenvalue weighted by molar-refractivity contribution is -0.941. The van der Waals surface area contributed by atoms with E-state index in [0.29, 0.717) is 40.4 Å². The fourth-order valence-corrected chi connectivity index (χ4v) is 5.60. The highest BCUT2D eigenvalue weighted by Gasteiger charge is 2.39. The van der Waals surface area contributed by atoms with Crippen LogP contribution in [0, 0.1) is 0 Å². The summed E-state index contributed by atoms with van der Waals surface area (Å²) in [6, 6.07) is 17.5. The van der Waals surface area contributed by atoms with Gasteiger partial charge in [0.15, 0.2) is 23.0 Å². The largest absolute Gasteiger partial charge is 0.550 e. The molecule has 0 radical (unpaired) electrons. The Morgan fingerprint density at radius 2 is 1.49 bits per heavy atom. The van der Waals surface area contributed by atoms with Gasteiger partial charge in [-0.15, -0.1) is 0 Å². The van der Waals surface area contributed by atoms with Crippen molar-refractivity contribution in [3.8, 4) is 23.0 Å². The van der Waals surface area contributed by atoms with Crippen LogP contribution < -0.4 is 24.1 Å². The van der Waals surface area contributed by atoms with Gasteiger partial charge in [0.1, 0.15) is 6.04 Å². The van der Waals surface area contributed by atoms with E-state index in [9.17, 15) is 18.3 Å². The molecule has 1 heterocycles. The molecule has 0 amide bonds. The average molecular weight is 588 g/mol. The summed E-state index contributed by atoms with van der Waals surface area (Å²) >= 11 is 0. The van der Waals surface area contributed by atoms with Gasteiger partial charge in [0, 0.05) is 30.8 Å². The number of ether oxygens (including phenoxy) is 4. The zero-order valence-corrected chi connectivity index (χ0v) is 24.8. The number of rotatable bonds is 10. The van der Waals surface area contributed by atoms with Crippen molar-refractivity contribution < 1.29 is 46.3 Å². The van der Waals surface area contributed by atoms with Crippen LogP contribution in [-0.4, -0.2) is 72.0 Å². The zero-order valence-electron chi connectivity index (χ0n) is 24.0. The molecule has 0 unspecified atom stereocenters. The predicted octanol–water partition coefficient (Wildman–Crippen LogP) is 3.08. The molecule has 4 rings (SSSR count). The highest BCUT2D eigenvalue weighted by molar-refractivity contribution is 7.85. The molecule has 3 aromatic carbocycles. The van der Waals surface area contributed by atoms with Gasteiger partial charge in [-0.05, 0) is 47.5 Å². The Morgan fingerprint density at radius 3 is 2.02 bits per heavy atom. The number of carboxylic acids is 1. The maximum Gasteiger partial charge on any atom is 0.294 e. The summed E-state index contributed by atoms with van der Waals surface area (Å²) in [6.07, 6.45) is 1.57. The Balaban J connectivity index is 0.000000389. The molecule has 1 N–H and O–H groups in total. The number of likely N-dealkylation sites (N-methyl/N-ethyl adjacent to an activating group) is 1. The monoisotopic (exact) mass is 587 g/mol. The standard InChI is InChI=1S/C24H31NO6.C6H6O3S/c1-25(11-9-24(26)27)10-8-17-14-22(30-4)23(31-5)15-18(17)19(25)12-16-6-7-20(28-2)21(13-16)29-3;7-10(8,9)6-4-2-1-3-5-6/h6-7,13-15,19H,8-12H2,1-5H3;1-5H,(H,7,8,9)/t19-,25-;/m1./s1. The molecule has 0 spiro atoms. The van der Waals surface area contributed by atoms with Crippen LogP contribution in [0.2, 0.25) is 0 Å². The lowest BCUT2D eigenvalue weighted by Gasteiger charge is -2.46. The number of carboxylic acid groups (broad SMARTS) is 1. The van der Waals surface area contributed by atoms with Crippen molar-refractivity contribution in [2.24, 2.45) is 0 Å². The summed E-state index contributed by atoms with van der Waals surface area (Å²) < 4.78 is 51.7. The van der Waals surface area contributed by atoms with E-state index in [2.05, 4.69) is 7.05 Å². The molecular weight excluding hydrogens is 550 g/mol. The molecule has 0 aliphatic carbocycles. The molecule has 1 aliphatic rings. The fourth-order valence-electron chi connectivity index (χ4n) is 5.10. The molecule has 0 aromatic heterocycles. The van der Waals surface area contributed by atoms with Crippen molar-refractivity contribution >= 4 is 16.1 Å². The van der Waals surface area contributed by atoms with Crippen LogP contribution in [0.1, 0.15) is 29.2 Å². The first-order chi connectivity index (χ1) is 19.4. The summed E-state index contributed by atoms with van der Waals surface area (Å²) in [5.74, 6) is 1.70. The number of fused-ring (bicyclic) bond motifs is 1. The second kappa shape index (κ2) is 13.7. The molecule has 3 aromatic rings. The van der Waals surface area contributed by atoms with Crippen LogP contribution >= 0.6 is 0 Å². The van der Waals surface area contributed by atoms with Gasteiger partial charge in [-0.3, -0.25) is 4.55 Å². The predicted molar refractivity (Wildman–Crippen MR) is 151 cm³/mol. The summed E-state index contributed by atoms with van der Waals surface area (Å²) in [6.45, 7) is 1.32. The van der Waals surface area contributed by atoms with E-state index >= 15 is 0 Å². The topological polar surface area (TPSA) is 131 Å². The third-order valence-electron chi connectivity index (χ3n) is 7.39. The number of carbonyl (C=O) groups excluding carboxylic acids is 1. The van der Waals surface area contributed by atoms with E-state index in [1.807, 2.05) is 30.3 Å². The first-order valence-corrected chi connectivity index (χ1v) is 14.4. The van der Waals surface area contributed by atoms with Crippen LogP contribution in [0.5, 0.6) is 23.0 Å². The highest BCUT2D eigenvalue weighted by atomic mass is 32.2. The van der Waals surface area contributed by atoms with Crippen molar-refractivity contribution in [1.29, 1.82) is 0 Å². The number of nitrogens with zero attached hydrogens (tertiary/aromatic N) is 1. The summed E-state index contributed by atoms with van der Waals surface area (Å²) in [7, 11) is 4.61. The molecular formula is C30H37NO9S. The number of carbonyl (C=O) groups is 1. The number of quaternary nitrogens is 1. The van der Waals surface area contributed by atoms with E-state index in [0.717, 1.165) is 24.1 Å². The first kappa shape index (κ1) is 31.7. The van der Waals surface area contributed by atoms with E-state index < -0.39 is 16.1 Å². The lowest BCUT2D eigenvalue weighted by atomic mass is 9.86. The Bertz CT molecular complexity index is 1440. The molecule has 11 heteroatoms. The van der Waals surface area contributed by atoms with Crippen molar-refractivity contribution in [2.75, 3.05) is 48.6 Å². The number of hydrogen-bond acceptors (Lipinski definition) is 8. The molecule has 0 saturated carbocycles. The molecule has 41 heavy (non-hydrogen) atoms. The highest BCUT2D eigenvalue weighted by Crippen LogP contribution is 2.43. The molecule has 0 saturated heterocycles. The fraction of sp³-hybridized carbons (Fsp3) is 0.367. The molecule has 0 bridgehead atoms. The normalized spacial score (nSPS) is 17.9. The zero-order chi connectivity index (χ0) is 30.2. The van der Waals surface area contributed by atoms with E-state index in [-0.39, 0.29) is 17.4 Å². The second-order valence-corrected chi connectivity index (χ2v) is 11.3. The molecule has 2 atom stereocenters. The Labute approximate surface area is 241 Å². The quantitative estimate of drug-likeness (QED) is 0.281. The summed E-state index contributed by atoms with van der Waals surface area (Å²) in [5.41, 5.74) is 3.44. The van der Waals surface area contributed by atoms with Gasteiger partial charge in [0.2, 0.25) is 0 Å². The van der Waals surface area contributed by atoms with Crippen LogP contribution in [0.4, 0.5) is 0 Å². The second-order valence-electron chi connectivity index (χ2n) is 9.90. The summed E-state index contributed by atoms with van der Waals surface area (Å²) in [5, 5.41) is 11.2. The smallest absolute Gasteiger partial charge is 0.294 e. The van der Waals surface area contributed by atoms with Crippen LogP contribution in [0.3, 0.4) is 0 Å². The molecule has 10 nitrogen and oxygen atoms in total. The van der Waals surface area contributed by atoms with Crippen molar-refractivity contribution in [2.45, 2.75) is 30.2 Å². The minimum absolute atomic E-state index is 0.0154. The average Bonchev–Trinajstić information content (AvgIpc) is 2.97. The minimum atomic E-state index is -4.00. The van der Waals surface area contributed by atoms with Gasteiger partial charge >= 0.3 is 0 Å². The van der Waals surface area contributed by atoms with Crippen molar-refractivity contribution in [1.82, 2.24) is 0 Å². The molecule has 0 fully saturated rings. The molecule has 222 valence electrons. The maximum absolute atomic E-state index is 11.2. The van der Waals surface area contributed by atoms with Gasteiger partial charge in [-0.1, -0.05) is 24.3 Å². The van der Waals surface area contributed by atoms with E-state index in [1.54, 1.807) is 46.6 Å². The third kappa shape index (κ3) is 7.90. The van der Waals surface area contributed by atoms with Gasteiger partial charge in [0.25, 0.3) is 10.1 Å². The SMILES string of the molecule is COc1ccc(C[C@@H]2c3cc(OC)c(OC)cc3CC[N@+]2(C)CCC(=O)[O-])cc1OC.O=S(=O)(O)c1ccccc1. The number of methoxy groups -OCH3 is 4. The Morgan fingerprint density at radius 1 is 0.902 bits per heavy atom. The van der Waals surface area contributed by atoms with E-state index in [4.69, 9.17) is 23.5 Å². The number of hydrogen-bond donors (Lipinski definition) is 1. The van der Waals surface area contributed by atoms with E-state index in [1.165, 1.54) is 17.7 Å². The maximum atomic E-state index is 11.2. The molecule has 1 aliphatic heterocycles. The first-order valence-electron chi connectivity index (χ1n) is 13.0. The van der Waals surface area contributed by atoms with Crippen LogP contribution in [-0.2, 0) is 27.8 Å². The Kier molecular flexibility index (Phi) is 10.6. The van der Waals surface area contributed by atoms with Gasteiger partial charge in [0.05, 0.1) is 53.5 Å². The van der Waals surface area contributed by atoms with Gasteiger partial charge in [-0.25, -0.2) is 0 Å². The Hall–Kier alpha value is -3.80. The lowest BCUT2D eigenvalue weighted by Crippen LogP contribution is -2.53. The van der Waals surface area contributed by atoms with Crippen LogP contribution in [0.25, 0.3) is 0 Å². The number of aliphatic carboxylic acids is 1. The number of benzene rings is 3.